The minimum Gasteiger partial charge on any atom is -0.378 e. The zero-order chi connectivity index (χ0) is 9.26. The third-order valence-corrected chi connectivity index (χ3v) is 2.90. The maximum atomic E-state index is 5.26. The van der Waals surface area contributed by atoms with E-state index in [2.05, 4.69) is 30.8 Å². The third kappa shape index (κ3) is 1.86. The fourth-order valence-corrected chi connectivity index (χ4v) is 1.62. The van der Waals surface area contributed by atoms with E-state index in [-0.39, 0.29) is 0 Å². The van der Waals surface area contributed by atoms with Crippen molar-refractivity contribution in [3.63, 3.8) is 0 Å². The van der Waals surface area contributed by atoms with Crippen molar-refractivity contribution in [3.8, 4) is 0 Å². The van der Waals surface area contributed by atoms with Crippen LogP contribution in [0.1, 0.15) is 5.69 Å². The van der Waals surface area contributed by atoms with Crippen LogP contribution in [0.5, 0.6) is 0 Å². The number of hydrogen-bond donors (Lipinski definition) is 1. The second-order valence-electron chi connectivity index (χ2n) is 3.06. The largest absolute Gasteiger partial charge is 0.378 e. The molecular weight excluding hydrogens is 234 g/mol. The number of rotatable bonds is 1. The van der Waals surface area contributed by atoms with Gasteiger partial charge in [-0.15, -0.1) is 0 Å². The minimum absolute atomic E-state index is 0.789. The predicted molar refractivity (Wildman–Crippen MR) is 54.1 cm³/mol. The van der Waals surface area contributed by atoms with Crippen LogP contribution in [0.25, 0.3) is 0 Å². The zero-order valence-electron chi connectivity index (χ0n) is 7.51. The molecule has 0 bridgehead atoms. The Bertz CT molecular complexity index is 274. The van der Waals surface area contributed by atoms with Crippen LogP contribution in [0.3, 0.4) is 0 Å². The fraction of sp³-hybridized carbons (Fsp3) is 0.625. The molecule has 5 heteroatoms. The number of aryl methyl sites for hydroxylation is 1. The smallest absolute Gasteiger partial charge is 0.204 e. The van der Waals surface area contributed by atoms with Crippen LogP contribution in [-0.4, -0.2) is 36.3 Å². The van der Waals surface area contributed by atoms with E-state index < -0.39 is 0 Å². The molecule has 72 valence electrons. The first-order valence-corrected chi connectivity index (χ1v) is 5.11. The molecule has 1 N–H and O–H groups in total. The summed E-state index contributed by atoms with van der Waals surface area (Å²) >= 11 is 3.41. The average Bonchev–Trinajstić information content (AvgIpc) is 2.49. The monoisotopic (exact) mass is 245 g/mol. The number of H-pyrrole nitrogens is 1. The number of nitrogens with zero attached hydrogens (tertiary/aromatic N) is 2. The van der Waals surface area contributed by atoms with Gasteiger partial charge < -0.3 is 14.6 Å². The number of nitrogens with one attached hydrogen (secondary N) is 1. The van der Waals surface area contributed by atoms with Gasteiger partial charge in [-0.3, -0.25) is 0 Å². The van der Waals surface area contributed by atoms with Crippen LogP contribution >= 0.6 is 15.9 Å². The maximum absolute atomic E-state index is 5.26. The summed E-state index contributed by atoms with van der Waals surface area (Å²) in [5.74, 6) is 0.938. The summed E-state index contributed by atoms with van der Waals surface area (Å²) in [5.41, 5.74) is 1.00. The van der Waals surface area contributed by atoms with Crippen LogP contribution in [0.4, 0.5) is 5.95 Å². The van der Waals surface area contributed by atoms with Crippen molar-refractivity contribution in [1.29, 1.82) is 0 Å². The molecule has 1 saturated heterocycles. The van der Waals surface area contributed by atoms with Crippen LogP contribution in [-0.2, 0) is 4.74 Å². The molecule has 4 nitrogen and oxygen atoms in total. The highest BCUT2D eigenvalue weighted by molar-refractivity contribution is 9.10. The summed E-state index contributed by atoms with van der Waals surface area (Å²) in [4.78, 5) is 9.79. The number of anilines is 1. The molecule has 0 unspecified atom stereocenters. The Hall–Kier alpha value is -0.550. The lowest BCUT2D eigenvalue weighted by Gasteiger charge is -2.26. The number of ether oxygens (including phenoxy) is 1. The van der Waals surface area contributed by atoms with E-state index in [1.165, 1.54) is 0 Å². The Kier molecular flexibility index (Phi) is 2.55. The number of aromatic nitrogens is 2. The highest BCUT2D eigenvalue weighted by Gasteiger charge is 2.14. The van der Waals surface area contributed by atoms with Gasteiger partial charge in [-0.2, -0.15) is 0 Å². The lowest BCUT2D eigenvalue weighted by atomic mass is 10.4. The van der Waals surface area contributed by atoms with Crippen molar-refractivity contribution in [2.45, 2.75) is 6.92 Å². The Morgan fingerprint density at radius 1 is 1.46 bits per heavy atom. The van der Waals surface area contributed by atoms with Gasteiger partial charge >= 0.3 is 0 Å². The first-order chi connectivity index (χ1) is 6.27. The lowest BCUT2D eigenvalue weighted by Crippen LogP contribution is -2.36. The highest BCUT2D eigenvalue weighted by atomic mass is 79.9. The minimum atomic E-state index is 0.789. The molecule has 2 rings (SSSR count). The molecule has 0 radical (unpaired) electrons. The molecule has 13 heavy (non-hydrogen) atoms. The molecule has 0 aromatic carbocycles. The Balaban J connectivity index is 2.14. The van der Waals surface area contributed by atoms with Crippen molar-refractivity contribution in [1.82, 2.24) is 9.97 Å². The second-order valence-corrected chi connectivity index (χ2v) is 3.85. The van der Waals surface area contributed by atoms with Crippen molar-refractivity contribution in [3.05, 3.63) is 10.3 Å². The number of imidazole rings is 1. The van der Waals surface area contributed by atoms with Gasteiger partial charge in [-0.25, -0.2) is 4.98 Å². The third-order valence-electron chi connectivity index (χ3n) is 2.12. The van der Waals surface area contributed by atoms with Crippen molar-refractivity contribution >= 4 is 21.9 Å². The summed E-state index contributed by atoms with van der Waals surface area (Å²) in [6.07, 6.45) is 0. The Morgan fingerprint density at radius 3 is 2.69 bits per heavy atom. The average molecular weight is 246 g/mol. The SMILES string of the molecule is Cc1nc(N2CCOCC2)[nH]c1Br. The van der Waals surface area contributed by atoms with Crippen LogP contribution in [0, 0.1) is 6.92 Å². The molecule has 0 aliphatic carbocycles. The molecule has 1 aliphatic rings. The van der Waals surface area contributed by atoms with Crippen LogP contribution in [0.2, 0.25) is 0 Å². The molecule has 0 amide bonds. The van der Waals surface area contributed by atoms with Crippen molar-refractivity contribution in [2.75, 3.05) is 31.2 Å². The first kappa shape index (κ1) is 9.02. The molecule has 0 atom stereocenters. The van der Waals surface area contributed by atoms with E-state index in [4.69, 9.17) is 4.74 Å². The number of hydrogen-bond acceptors (Lipinski definition) is 3. The topological polar surface area (TPSA) is 41.2 Å². The van der Waals surface area contributed by atoms with Gasteiger partial charge in [-0.1, -0.05) is 0 Å². The zero-order valence-corrected chi connectivity index (χ0v) is 9.10. The highest BCUT2D eigenvalue weighted by Crippen LogP contribution is 2.18. The molecule has 0 saturated carbocycles. The lowest BCUT2D eigenvalue weighted by molar-refractivity contribution is 0.122. The van der Waals surface area contributed by atoms with Gasteiger partial charge in [0.1, 0.15) is 4.60 Å². The normalized spacial score (nSPS) is 17.8. The molecular formula is C8H12BrN3O. The summed E-state index contributed by atoms with van der Waals surface area (Å²) in [7, 11) is 0. The maximum Gasteiger partial charge on any atom is 0.204 e. The van der Waals surface area contributed by atoms with Gasteiger partial charge in [0.2, 0.25) is 5.95 Å². The van der Waals surface area contributed by atoms with E-state index in [1.54, 1.807) is 0 Å². The number of halogens is 1. The summed E-state index contributed by atoms with van der Waals surface area (Å²) in [5, 5.41) is 0. The summed E-state index contributed by atoms with van der Waals surface area (Å²) < 4.78 is 6.23. The van der Waals surface area contributed by atoms with Gasteiger partial charge in [-0.05, 0) is 22.9 Å². The van der Waals surface area contributed by atoms with Crippen LogP contribution < -0.4 is 4.90 Å². The quantitative estimate of drug-likeness (QED) is 0.812. The van der Waals surface area contributed by atoms with Crippen molar-refractivity contribution in [2.24, 2.45) is 0 Å². The summed E-state index contributed by atoms with van der Waals surface area (Å²) in [6, 6.07) is 0. The van der Waals surface area contributed by atoms with Gasteiger partial charge in [0, 0.05) is 13.1 Å². The predicted octanol–water partition coefficient (Wildman–Crippen LogP) is 1.32. The Labute approximate surface area is 85.4 Å². The molecule has 1 fully saturated rings. The van der Waals surface area contributed by atoms with Gasteiger partial charge in [0.25, 0.3) is 0 Å². The van der Waals surface area contributed by atoms with E-state index in [1.807, 2.05) is 6.92 Å². The molecule has 1 aromatic heterocycles. The first-order valence-electron chi connectivity index (χ1n) is 4.32. The number of aromatic amines is 1. The fourth-order valence-electron chi connectivity index (χ4n) is 1.35. The Morgan fingerprint density at radius 2 is 2.15 bits per heavy atom. The van der Waals surface area contributed by atoms with E-state index >= 15 is 0 Å². The van der Waals surface area contributed by atoms with E-state index in [9.17, 15) is 0 Å². The number of morpholine rings is 1. The summed E-state index contributed by atoms with van der Waals surface area (Å²) in [6.45, 7) is 5.39. The standard InChI is InChI=1S/C8H12BrN3O/c1-6-7(9)11-8(10-6)12-2-4-13-5-3-12/h2-5H2,1H3,(H,10,11). The molecule has 2 heterocycles. The van der Waals surface area contributed by atoms with E-state index in [0.717, 1.165) is 42.5 Å². The van der Waals surface area contributed by atoms with E-state index in [0.29, 0.717) is 0 Å². The van der Waals surface area contributed by atoms with Crippen LogP contribution in [0.15, 0.2) is 4.60 Å². The molecule has 1 aliphatic heterocycles. The van der Waals surface area contributed by atoms with Gasteiger partial charge in [0.05, 0.1) is 18.9 Å². The molecule has 0 spiro atoms. The second kappa shape index (κ2) is 3.67. The van der Waals surface area contributed by atoms with Gasteiger partial charge in [0.15, 0.2) is 0 Å². The van der Waals surface area contributed by atoms with Crippen molar-refractivity contribution < 1.29 is 4.74 Å². The molecule has 1 aromatic rings.